The van der Waals surface area contributed by atoms with Crippen molar-refractivity contribution in [2.24, 2.45) is 0 Å². The van der Waals surface area contributed by atoms with Crippen molar-refractivity contribution in [3.05, 3.63) is 0 Å². The average Bonchev–Trinajstić information content (AvgIpc) is 2.08. The van der Waals surface area contributed by atoms with Gasteiger partial charge in [0.05, 0.1) is 6.29 Å². The Hall–Kier alpha value is -0.0700. The lowest BCUT2D eigenvalue weighted by molar-refractivity contribution is -0.139. The molecule has 90 valence electrons. The highest BCUT2D eigenvalue weighted by Gasteiger charge is 2.21. The van der Waals surface area contributed by atoms with E-state index in [1.165, 1.54) is 0 Å². The number of hydrogen-bond donors (Lipinski definition) is 4. The minimum absolute atomic E-state index is 0.355. The molecule has 0 aromatic carbocycles. The Bertz CT molecular complexity index is 244. The third-order valence-electron chi connectivity index (χ3n) is 1.60. The monoisotopic (exact) mass is 257 g/mol. The lowest BCUT2D eigenvalue weighted by Crippen LogP contribution is -2.37. The van der Waals surface area contributed by atoms with Crippen LogP contribution >= 0.6 is 19.4 Å². The number of rotatable bonds is 8. The summed E-state index contributed by atoms with van der Waals surface area (Å²) in [6, 6.07) is -0.892. The van der Waals surface area contributed by atoms with E-state index < -0.39 is 25.9 Å². The Morgan fingerprint density at radius 1 is 1.53 bits per heavy atom. The Labute approximate surface area is 92.6 Å². The van der Waals surface area contributed by atoms with Crippen LogP contribution < -0.4 is 5.32 Å². The molecule has 0 spiro atoms. The Balaban J connectivity index is 3.95. The van der Waals surface area contributed by atoms with Crippen molar-refractivity contribution in [2.75, 3.05) is 17.8 Å². The summed E-state index contributed by atoms with van der Waals surface area (Å²) in [6.45, 7) is 1.96. The summed E-state index contributed by atoms with van der Waals surface area (Å²) in [4.78, 5) is 27.8. The summed E-state index contributed by atoms with van der Waals surface area (Å²) >= 11 is 1.59. The minimum atomic E-state index is -4.18. The summed E-state index contributed by atoms with van der Waals surface area (Å²) in [5.41, 5.74) is 0. The molecule has 0 radical (unpaired) electrons. The van der Waals surface area contributed by atoms with Crippen LogP contribution in [0.25, 0.3) is 0 Å². The van der Waals surface area contributed by atoms with E-state index in [-0.39, 0.29) is 0 Å². The minimum Gasteiger partial charge on any atom is -0.480 e. The van der Waals surface area contributed by atoms with Gasteiger partial charge in [0.25, 0.3) is 0 Å². The van der Waals surface area contributed by atoms with Crippen LogP contribution in [0.3, 0.4) is 0 Å². The molecule has 4 N–H and O–H groups in total. The molecule has 0 saturated heterocycles. The fourth-order valence-corrected chi connectivity index (χ4v) is 2.04. The SMILES string of the molecule is CCSCC[C@H](NCP(=O)(O)O)C(=O)O. The fraction of sp³-hybridized carbons (Fsp3) is 0.857. The fourth-order valence-electron chi connectivity index (χ4n) is 0.887. The summed E-state index contributed by atoms with van der Waals surface area (Å²) in [5, 5.41) is 11.1. The first-order valence-electron chi connectivity index (χ1n) is 4.45. The smallest absolute Gasteiger partial charge is 0.339 e. The zero-order valence-electron chi connectivity index (χ0n) is 8.42. The first-order chi connectivity index (χ1) is 6.87. The van der Waals surface area contributed by atoms with Gasteiger partial charge in [0.15, 0.2) is 0 Å². The highest BCUT2D eigenvalue weighted by molar-refractivity contribution is 7.99. The van der Waals surface area contributed by atoms with E-state index in [0.717, 1.165) is 5.75 Å². The zero-order chi connectivity index (χ0) is 11.9. The lowest BCUT2D eigenvalue weighted by atomic mass is 10.2. The third-order valence-corrected chi connectivity index (χ3v) is 3.12. The number of carboxylic acid groups (broad SMARTS) is 1. The second-order valence-corrected chi connectivity index (χ2v) is 5.94. The molecule has 0 aromatic heterocycles. The van der Waals surface area contributed by atoms with Crippen LogP contribution in [0.2, 0.25) is 0 Å². The quantitative estimate of drug-likeness (QED) is 0.366. The summed E-state index contributed by atoms with van der Waals surface area (Å²) in [7, 11) is -4.18. The standard InChI is InChI=1S/C7H16NO5PS/c1-2-15-4-3-6(7(9)10)8-5-14(11,12)13/h6,8H,2-5H2,1H3,(H,9,10)(H2,11,12,13)/t6-/m0/s1. The molecule has 0 aromatic rings. The van der Waals surface area contributed by atoms with Crippen molar-refractivity contribution in [1.29, 1.82) is 0 Å². The topological polar surface area (TPSA) is 107 Å². The highest BCUT2D eigenvalue weighted by Crippen LogP contribution is 2.32. The van der Waals surface area contributed by atoms with E-state index in [4.69, 9.17) is 14.9 Å². The van der Waals surface area contributed by atoms with Gasteiger partial charge < -0.3 is 14.9 Å². The van der Waals surface area contributed by atoms with Crippen LogP contribution in [0, 0.1) is 0 Å². The van der Waals surface area contributed by atoms with Crippen molar-refractivity contribution in [3.63, 3.8) is 0 Å². The van der Waals surface area contributed by atoms with Crippen molar-refractivity contribution >= 4 is 25.3 Å². The van der Waals surface area contributed by atoms with Crippen molar-refractivity contribution in [1.82, 2.24) is 5.32 Å². The van der Waals surface area contributed by atoms with Crippen LogP contribution in [0.5, 0.6) is 0 Å². The lowest BCUT2D eigenvalue weighted by Gasteiger charge is -2.14. The van der Waals surface area contributed by atoms with E-state index in [0.29, 0.717) is 12.2 Å². The second-order valence-electron chi connectivity index (χ2n) is 2.90. The molecule has 0 fully saturated rings. The Morgan fingerprint density at radius 2 is 2.13 bits per heavy atom. The molecule has 0 aliphatic rings. The van der Waals surface area contributed by atoms with E-state index in [1.807, 2.05) is 6.92 Å². The van der Waals surface area contributed by atoms with Gasteiger partial charge in [0, 0.05) is 0 Å². The van der Waals surface area contributed by atoms with Crippen LogP contribution in [-0.4, -0.2) is 44.7 Å². The van der Waals surface area contributed by atoms with E-state index >= 15 is 0 Å². The molecule has 6 nitrogen and oxygen atoms in total. The Kier molecular flexibility index (Phi) is 7.21. The number of thioether (sulfide) groups is 1. The number of aliphatic carboxylic acids is 1. The molecular weight excluding hydrogens is 241 g/mol. The van der Waals surface area contributed by atoms with Gasteiger partial charge in [0.2, 0.25) is 0 Å². The maximum Gasteiger partial charge on any atom is 0.339 e. The van der Waals surface area contributed by atoms with Gasteiger partial charge >= 0.3 is 13.6 Å². The molecule has 0 amide bonds. The van der Waals surface area contributed by atoms with Crippen molar-refractivity contribution < 1.29 is 24.3 Å². The van der Waals surface area contributed by atoms with Crippen molar-refractivity contribution in [2.45, 2.75) is 19.4 Å². The predicted octanol–water partition coefficient (Wildman–Crippen LogP) is 0.308. The molecule has 15 heavy (non-hydrogen) atoms. The second kappa shape index (κ2) is 7.24. The summed E-state index contributed by atoms with van der Waals surface area (Å²) in [5.74, 6) is 0.465. The van der Waals surface area contributed by atoms with E-state index in [2.05, 4.69) is 5.32 Å². The zero-order valence-corrected chi connectivity index (χ0v) is 10.1. The first kappa shape index (κ1) is 14.9. The van der Waals surface area contributed by atoms with Crippen LogP contribution in [0.1, 0.15) is 13.3 Å². The number of nitrogens with one attached hydrogen (secondary N) is 1. The first-order valence-corrected chi connectivity index (χ1v) is 7.40. The van der Waals surface area contributed by atoms with Gasteiger partial charge in [-0.2, -0.15) is 11.8 Å². The van der Waals surface area contributed by atoms with Gasteiger partial charge in [0.1, 0.15) is 6.04 Å². The van der Waals surface area contributed by atoms with Crippen LogP contribution in [-0.2, 0) is 9.36 Å². The molecule has 0 bridgehead atoms. The van der Waals surface area contributed by atoms with Gasteiger partial charge in [-0.25, -0.2) is 0 Å². The van der Waals surface area contributed by atoms with Gasteiger partial charge in [-0.15, -0.1) is 0 Å². The molecule has 0 aliphatic carbocycles. The molecule has 0 unspecified atom stereocenters. The van der Waals surface area contributed by atoms with Crippen LogP contribution in [0.15, 0.2) is 0 Å². The average molecular weight is 257 g/mol. The largest absolute Gasteiger partial charge is 0.480 e. The maximum absolute atomic E-state index is 10.7. The molecule has 0 heterocycles. The number of hydrogen-bond acceptors (Lipinski definition) is 4. The van der Waals surface area contributed by atoms with Crippen LogP contribution in [0.4, 0.5) is 0 Å². The van der Waals surface area contributed by atoms with Crippen molar-refractivity contribution in [3.8, 4) is 0 Å². The molecule has 8 heteroatoms. The van der Waals surface area contributed by atoms with E-state index in [1.54, 1.807) is 11.8 Å². The number of carboxylic acids is 1. The Morgan fingerprint density at radius 3 is 2.53 bits per heavy atom. The molecular formula is C7H16NO5PS. The molecule has 1 atom stereocenters. The highest BCUT2D eigenvalue weighted by atomic mass is 32.2. The molecule has 0 rings (SSSR count). The molecule has 0 aliphatic heterocycles. The number of carbonyl (C=O) groups is 1. The molecule has 0 saturated carbocycles. The maximum atomic E-state index is 10.7. The van der Waals surface area contributed by atoms with Gasteiger partial charge in [-0.1, -0.05) is 6.92 Å². The third kappa shape index (κ3) is 8.89. The summed E-state index contributed by atoms with van der Waals surface area (Å²) in [6.07, 6.45) is -0.241. The van der Waals surface area contributed by atoms with E-state index in [9.17, 15) is 9.36 Å². The van der Waals surface area contributed by atoms with Gasteiger partial charge in [-0.05, 0) is 17.9 Å². The predicted molar refractivity (Wildman–Crippen MR) is 59.1 cm³/mol. The van der Waals surface area contributed by atoms with Gasteiger partial charge in [-0.3, -0.25) is 14.7 Å². The normalized spacial score (nSPS) is 13.8. The summed E-state index contributed by atoms with van der Waals surface area (Å²) < 4.78 is 10.5.